The second-order valence-electron chi connectivity index (χ2n) is 0.214. The summed E-state index contributed by atoms with van der Waals surface area (Å²) in [5.74, 6) is 0. The van der Waals surface area contributed by atoms with E-state index in [2.05, 4.69) is 0 Å². The molecule has 0 nitrogen and oxygen atoms in total. The Balaban J connectivity index is 0. The Morgan fingerprint density at radius 2 is 1.00 bits per heavy atom. The molecule has 0 aliphatic carbocycles. The van der Waals surface area contributed by atoms with Crippen molar-refractivity contribution in [2.24, 2.45) is 0 Å². The topological polar surface area (TPSA) is 0 Å². The minimum atomic E-state index is -1.92. The Hall–Kier alpha value is 2.41. The third kappa shape index (κ3) is 32.3. The van der Waals surface area contributed by atoms with Crippen LogP contribution in [0.1, 0.15) is 0 Å². The second kappa shape index (κ2) is 10.4. The molecule has 37 valence electrons. The molecule has 0 heterocycles. The van der Waals surface area contributed by atoms with Crippen LogP contribution in [0.5, 0.6) is 0 Å². The summed E-state index contributed by atoms with van der Waals surface area (Å²) < 4.78 is 0. The van der Waals surface area contributed by atoms with Gasteiger partial charge in [0.2, 0.25) is 0 Å². The van der Waals surface area contributed by atoms with Gasteiger partial charge in [-0.2, -0.15) is 0 Å². The SMILES string of the molecule is [AlH2][Cl].[Cl][Ti]([Cl])[Cl]. The van der Waals surface area contributed by atoms with E-state index in [1.807, 2.05) is 0 Å². The summed E-state index contributed by atoms with van der Waals surface area (Å²) in [4.78, 5) is 0. The molecule has 0 aliphatic rings. The van der Waals surface area contributed by atoms with E-state index in [0.29, 0.717) is 0 Å². The van der Waals surface area contributed by atoms with Gasteiger partial charge in [-0.1, -0.05) is 0 Å². The summed E-state index contributed by atoms with van der Waals surface area (Å²) in [5.41, 5.74) is 0. The molecular formula is H2AlCl4Ti. The Morgan fingerprint density at radius 3 is 1.00 bits per heavy atom. The third-order valence-corrected chi connectivity index (χ3v) is 0. The van der Waals surface area contributed by atoms with Gasteiger partial charge < -0.3 is 0 Å². The van der Waals surface area contributed by atoms with Crippen LogP contribution >= 0.6 is 38.0 Å². The van der Waals surface area contributed by atoms with Crippen LogP contribution in [0.4, 0.5) is 0 Å². The molecule has 0 saturated heterocycles. The molecule has 6 heavy (non-hydrogen) atoms. The van der Waals surface area contributed by atoms with Crippen molar-refractivity contribution in [3.05, 3.63) is 0 Å². The van der Waals surface area contributed by atoms with Crippen LogP contribution in [-0.2, 0) is 14.7 Å². The van der Waals surface area contributed by atoms with Crippen molar-refractivity contribution in [3.63, 3.8) is 0 Å². The van der Waals surface area contributed by atoms with Crippen LogP contribution < -0.4 is 0 Å². The van der Waals surface area contributed by atoms with Crippen LogP contribution in [0.2, 0.25) is 0 Å². The standard InChI is InChI=1S/Al.4ClH.Ti.2H/h;4*1H;;;/q+1;;;;;+3;;/p-4. The summed E-state index contributed by atoms with van der Waals surface area (Å²) in [6.07, 6.45) is 0. The van der Waals surface area contributed by atoms with Gasteiger partial charge in [-0.05, 0) is 0 Å². The van der Waals surface area contributed by atoms with E-state index >= 15 is 0 Å². The van der Waals surface area contributed by atoms with Crippen molar-refractivity contribution in [1.29, 1.82) is 0 Å². The van der Waals surface area contributed by atoms with Crippen LogP contribution in [0.3, 0.4) is 0 Å². The van der Waals surface area contributed by atoms with Gasteiger partial charge in [0.15, 0.2) is 0 Å². The Morgan fingerprint density at radius 1 is 1.00 bits per heavy atom. The van der Waals surface area contributed by atoms with Gasteiger partial charge >= 0.3 is 58.0 Å². The average Bonchev–Trinajstić information content (AvgIpc) is 1.41. The van der Waals surface area contributed by atoms with Gasteiger partial charge in [0.05, 0.1) is 0 Å². The maximum atomic E-state index is 4.97. The first kappa shape index (κ1) is 11.2. The van der Waals surface area contributed by atoms with Gasteiger partial charge in [0, 0.05) is 0 Å². The van der Waals surface area contributed by atoms with Gasteiger partial charge in [-0.15, -0.1) is 0 Å². The first-order valence-electron chi connectivity index (χ1n) is 0.945. The molecule has 0 fully saturated rings. The van der Waals surface area contributed by atoms with Gasteiger partial charge in [0.25, 0.3) is 0 Å². The van der Waals surface area contributed by atoms with E-state index < -0.39 is 14.7 Å². The zero-order valence-electron chi connectivity index (χ0n) is 3.01. The van der Waals surface area contributed by atoms with Gasteiger partial charge in [-0.25, -0.2) is 0 Å². The molecule has 0 aliphatic heterocycles. The van der Waals surface area contributed by atoms with E-state index in [1.54, 1.807) is 0 Å². The summed E-state index contributed by atoms with van der Waals surface area (Å²) in [6.45, 7) is 0. The molecule has 0 aromatic rings. The van der Waals surface area contributed by atoms with Crippen molar-refractivity contribution in [1.82, 2.24) is 0 Å². The maximum absolute atomic E-state index is 4.97. The summed E-state index contributed by atoms with van der Waals surface area (Å²) in [6, 6.07) is 0. The summed E-state index contributed by atoms with van der Waals surface area (Å²) >= 11 is -1.14. The fourth-order valence-electron chi connectivity index (χ4n) is 0. The molecule has 0 spiro atoms. The molecule has 0 aromatic carbocycles. The second-order valence-corrected chi connectivity index (χ2v) is 7.95. The Labute approximate surface area is 67.2 Å². The normalized spacial score (nSPS) is 5.33. The Bertz CT molecular complexity index is 12.3. The monoisotopic (exact) mass is 217 g/mol. The molecule has 0 aromatic heterocycles. The van der Waals surface area contributed by atoms with E-state index in [-0.39, 0.29) is 0 Å². The van der Waals surface area contributed by atoms with Crippen LogP contribution in [-0.4, -0.2) is 15.4 Å². The van der Waals surface area contributed by atoms with E-state index in [9.17, 15) is 0 Å². The molecule has 0 N–H and O–H groups in total. The number of halogens is 4. The van der Waals surface area contributed by atoms with Gasteiger partial charge in [-0.3, -0.25) is 10.0 Å². The molecule has 0 amide bonds. The van der Waals surface area contributed by atoms with Crippen molar-refractivity contribution in [3.8, 4) is 0 Å². The first-order valence-corrected chi connectivity index (χ1v) is 10.4. The minimum absolute atomic E-state index is 0.778. The van der Waals surface area contributed by atoms with Crippen molar-refractivity contribution in [2.75, 3.05) is 0 Å². The van der Waals surface area contributed by atoms with Crippen LogP contribution in [0.25, 0.3) is 0 Å². The Kier molecular flexibility index (Phi) is 19.5. The van der Waals surface area contributed by atoms with Gasteiger partial charge in [0.1, 0.15) is 0 Å². The quantitative estimate of drug-likeness (QED) is 0.545. The zero-order chi connectivity index (χ0) is 5.58. The molecule has 0 radical (unpaired) electrons. The van der Waals surface area contributed by atoms with E-state index in [0.717, 1.165) is 15.4 Å². The fourth-order valence-corrected chi connectivity index (χ4v) is 0. The van der Waals surface area contributed by atoms with Crippen molar-refractivity contribution >= 4 is 53.3 Å². The number of rotatable bonds is 0. The molecule has 6 heteroatoms. The summed E-state index contributed by atoms with van der Waals surface area (Å²) in [5, 5.41) is 0. The molecule has 0 saturated carbocycles. The molecule has 0 rings (SSSR count). The van der Waals surface area contributed by atoms with Crippen LogP contribution in [0, 0.1) is 0 Å². The summed E-state index contributed by atoms with van der Waals surface area (Å²) in [7, 11) is 19.7. The third-order valence-electron chi connectivity index (χ3n) is 0. The first-order chi connectivity index (χ1) is 2.73. The van der Waals surface area contributed by atoms with E-state index in [1.165, 1.54) is 0 Å². The molecule has 0 bridgehead atoms. The predicted octanol–water partition coefficient (Wildman–Crippen LogP) is 1.84. The predicted molar refractivity (Wildman–Crippen MR) is 32.0 cm³/mol. The van der Waals surface area contributed by atoms with Crippen molar-refractivity contribution in [2.45, 2.75) is 0 Å². The number of hydrogen-bond acceptors (Lipinski definition) is 0. The number of hydrogen-bond donors (Lipinski definition) is 0. The zero-order valence-corrected chi connectivity index (χ0v) is 9.60. The average molecular weight is 219 g/mol. The van der Waals surface area contributed by atoms with Crippen molar-refractivity contribution < 1.29 is 14.7 Å². The van der Waals surface area contributed by atoms with E-state index in [4.69, 9.17) is 38.0 Å². The molecular weight excluding hydrogens is 217 g/mol. The molecule has 0 atom stereocenters. The molecule has 0 unspecified atom stereocenters. The van der Waals surface area contributed by atoms with Crippen LogP contribution in [0.15, 0.2) is 0 Å². The fraction of sp³-hybridized carbons (Fsp3) is 0.